The normalized spacial score (nSPS) is 14.9. The van der Waals surface area contributed by atoms with Crippen molar-refractivity contribution in [3.05, 3.63) is 88.2 Å². The number of urea groups is 1. The molecule has 0 saturated carbocycles. The van der Waals surface area contributed by atoms with Gasteiger partial charge in [0.05, 0.1) is 27.4 Å². The summed E-state index contributed by atoms with van der Waals surface area (Å²) in [5, 5.41) is 7.35. The SMILES string of the molecule is O=C(Nc1ccccc1N1CCN(CCN2C(=O)c3ccccc3C2=O)C1=O)c1csc(-c2cccs2)n1. The van der Waals surface area contributed by atoms with E-state index in [-0.39, 0.29) is 36.8 Å². The lowest BCUT2D eigenvalue weighted by Gasteiger charge is -2.22. The van der Waals surface area contributed by atoms with Crippen molar-refractivity contribution in [2.75, 3.05) is 36.4 Å². The maximum absolute atomic E-state index is 13.3. The molecule has 0 bridgehead atoms. The van der Waals surface area contributed by atoms with Crippen LogP contribution in [0.15, 0.2) is 71.4 Å². The van der Waals surface area contributed by atoms with Crippen molar-refractivity contribution >= 4 is 57.8 Å². The van der Waals surface area contributed by atoms with Crippen molar-refractivity contribution < 1.29 is 19.2 Å². The van der Waals surface area contributed by atoms with E-state index in [1.165, 1.54) is 16.2 Å². The highest BCUT2D eigenvalue weighted by Gasteiger charge is 2.37. The third-order valence-corrected chi connectivity index (χ3v) is 8.36. The number of thiophene rings is 1. The van der Waals surface area contributed by atoms with Crippen LogP contribution in [0.1, 0.15) is 31.2 Å². The molecular weight excluding hydrogens is 522 g/mol. The van der Waals surface area contributed by atoms with Crippen molar-refractivity contribution in [2.24, 2.45) is 0 Å². The number of amides is 5. The van der Waals surface area contributed by atoms with Crippen LogP contribution in [0.2, 0.25) is 0 Å². The molecule has 9 nitrogen and oxygen atoms in total. The van der Waals surface area contributed by atoms with Crippen LogP contribution in [-0.4, -0.2) is 64.7 Å². The summed E-state index contributed by atoms with van der Waals surface area (Å²) in [6.45, 7) is 1.17. The number of carbonyl (C=O) groups is 4. The molecule has 190 valence electrons. The van der Waals surface area contributed by atoms with Crippen molar-refractivity contribution in [3.8, 4) is 9.88 Å². The summed E-state index contributed by atoms with van der Waals surface area (Å²) >= 11 is 2.96. The summed E-state index contributed by atoms with van der Waals surface area (Å²) in [4.78, 5) is 61.4. The molecule has 4 heterocycles. The molecule has 1 N–H and O–H groups in total. The van der Waals surface area contributed by atoms with E-state index in [1.54, 1.807) is 75.0 Å². The number of imide groups is 1. The Balaban J connectivity index is 1.13. The molecule has 0 spiro atoms. The van der Waals surface area contributed by atoms with Crippen molar-refractivity contribution in [2.45, 2.75) is 0 Å². The smallest absolute Gasteiger partial charge is 0.321 e. The van der Waals surface area contributed by atoms with E-state index in [0.29, 0.717) is 41.3 Å². The van der Waals surface area contributed by atoms with Crippen LogP contribution < -0.4 is 10.2 Å². The Morgan fingerprint density at radius 1 is 0.868 bits per heavy atom. The molecule has 0 unspecified atom stereocenters. The first-order valence-electron chi connectivity index (χ1n) is 11.9. The number of thiazole rings is 1. The molecule has 2 aliphatic rings. The zero-order valence-corrected chi connectivity index (χ0v) is 21.6. The number of hydrogen-bond donors (Lipinski definition) is 1. The highest BCUT2D eigenvalue weighted by Crippen LogP contribution is 2.31. The number of rotatable bonds is 7. The summed E-state index contributed by atoms with van der Waals surface area (Å²) in [7, 11) is 0. The Bertz CT molecular complexity index is 1530. The topological polar surface area (TPSA) is 103 Å². The zero-order chi connectivity index (χ0) is 26.2. The van der Waals surface area contributed by atoms with Gasteiger partial charge in [0.2, 0.25) is 0 Å². The fraction of sp³-hybridized carbons (Fsp3) is 0.148. The maximum Gasteiger partial charge on any atom is 0.324 e. The van der Waals surface area contributed by atoms with Crippen molar-refractivity contribution in [1.82, 2.24) is 14.8 Å². The van der Waals surface area contributed by atoms with Gasteiger partial charge in [0.15, 0.2) is 0 Å². The summed E-state index contributed by atoms with van der Waals surface area (Å²) < 4.78 is 0. The molecule has 0 aliphatic carbocycles. The zero-order valence-electron chi connectivity index (χ0n) is 20.0. The third-order valence-electron chi connectivity index (χ3n) is 6.48. The van der Waals surface area contributed by atoms with E-state index in [0.717, 1.165) is 9.88 Å². The van der Waals surface area contributed by atoms with Crippen LogP contribution in [0.4, 0.5) is 16.2 Å². The number of fused-ring (bicyclic) bond motifs is 1. The molecule has 1 fully saturated rings. The molecule has 2 aliphatic heterocycles. The number of aromatic nitrogens is 1. The fourth-order valence-electron chi connectivity index (χ4n) is 4.57. The summed E-state index contributed by atoms with van der Waals surface area (Å²) in [5.41, 5.74) is 2.16. The molecule has 1 saturated heterocycles. The van der Waals surface area contributed by atoms with Gasteiger partial charge in [-0.05, 0) is 35.7 Å². The first-order valence-corrected chi connectivity index (χ1v) is 13.7. The van der Waals surface area contributed by atoms with Gasteiger partial charge in [0.1, 0.15) is 10.7 Å². The number of carbonyl (C=O) groups excluding carboxylic acids is 4. The first-order chi connectivity index (χ1) is 18.5. The van der Waals surface area contributed by atoms with Crippen LogP contribution in [-0.2, 0) is 0 Å². The predicted octanol–water partition coefficient (Wildman–Crippen LogP) is 4.66. The van der Waals surface area contributed by atoms with Crippen molar-refractivity contribution in [1.29, 1.82) is 0 Å². The molecular formula is C27H21N5O4S2. The minimum atomic E-state index is -0.356. The van der Waals surface area contributed by atoms with Gasteiger partial charge in [-0.3, -0.25) is 24.2 Å². The number of para-hydroxylation sites is 2. The number of nitrogens with zero attached hydrogens (tertiary/aromatic N) is 4. The largest absolute Gasteiger partial charge is 0.324 e. The Hall–Kier alpha value is -4.35. The minimum absolute atomic E-state index is 0.112. The second kappa shape index (κ2) is 9.84. The number of nitrogens with one attached hydrogen (secondary N) is 1. The van der Waals surface area contributed by atoms with E-state index >= 15 is 0 Å². The van der Waals surface area contributed by atoms with Gasteiger partial charge in [0, 0.05) is 31.6 Å². The van der Waals surface area contributed by atoms with E-state index < -0.39 is 0 Å². The van der Waals surface area contributed by atoms with Crippen LogP contribution in [0.5, 0.6) is 0 Å². The predicted molar refractivity (Wildman–Crippen MR) is 146 cm³/mol. The Kier molecular flexibility index (Phi) is 6.22. The van der Waals surface area contributed by atoms with Crippen molar-refractivity contribution in [3.63, 3.8) is 0 Å². The van der Waals surface area contributed by atoms with Gasteiger partial charge in [-0.2, -0.15) is 0 Å². The molecule has 6 rings (SSSR count). The first kappa shape index (κ1) is 24.0. The highest BCUT2D eigenvalue weighted by atomic mass is 32.1. The van der Waals surface area contributed by atoms with E-state index in [9.17, 15) is 19.2 Å². The summed E-state index contributed by atoms with van der Waals surface area (Å²) in [6, 6.07) is 17.5. The second-order valence-electron chi connectivity index (χ2n) is 8.72. The fourth-order valence-corrected chi connectivity index (χ4v) is 6.18. The van der Waals surface area contributed by atoms with Gasteiger partial charge in [-0.15, -0.1) is 22.7 Å². The Morgan fingerprint density at radius 2 is 1.61 bits per heavy atom. The Morgan fingerprint density at radius 3 is 2.34 bits per heavy atom. The molecule has 38 heavy (non-hydrogen) atoms. The van der Waals surface area contributed by atoms with Crippen LogP contribution in [0.25, 0.3) is 9.88 Å². The third kappa shape index (κ3) is 4.25. The van der Waals surface area contributed by atoms with E-state index in [2.05, 4.69) is 10.3 Å². The van der Waals surface area contributed by atoms with E-state index in [1.807, 2.05) is 17.5 Å². The average Bonchev–Trinajstić information content (AvgIpc) is 3.73. The van der Waals surface area contributed by atoms with E-state index in [4.69, 9.17) is 0 Å². The minimum Gasteiger partial charge on any atom is -0.321 e. The van der Waals surface area contributed by atoms with Crippen LogP contribution in [0, 0.1) is 0 Å². The lowest BCUT2D eigenvalue weighted by atomic mass is 10.1. The quantitative estimate of drug-likeness (QED) is 0.342. The van der Waals surface area contributed by atoms with Crippen LogP contribution in [0.3, 0.4) is 0 Å². The van der Waals surface area contributed by atoms with Crippen LogP contribution >= 0.6 is 22.7 Å². The summed E-state index contributed by atoms with van der Waals surface area (Å²) in [5.74, 6) is -1.04. The number of benzene rings is 2. The average molecular weight is 544 g/mol. The molecule has 11 heteroatoms. The molecule has 2 aromatic heterocycles. The molecule has 4 aromatic rings. The maximum atomic E-state index is 13.3. The summed E-state index contributed by atoms with van der Waals surface area (Å²) in [6.07, 6.45) is 0. The molecule has 2 aromatic carbocycles. The van der Waals surface area contributed by atoms with Gasteiger partial charge in [0.25, 0.3) is 17.7 Å². The van der Waals surface area contributed by atoms with Gasteiger partial charge in [-0.25, -0.2) is 9.78 Å². The molecule has 5 amide bonds. The van der Waals surface area contributed by atoms with Gasteiger partial charge >= 0.3 is 6.03 Å². The lowest BCUT2D eigenvalue weighted by molar-refractivity contribution is 0.0643. The molecule has 0 atom stereocenters. The monoisotopic (exact) mass is 543 g/mol. The van der Waals surface area contributed by atoms with Gasteiger partial charge in [-0.1, -0.05) is 30.3 Å². The lowest BCUT2D eigenvalue weighted by Crippen LogP contribution is -2.40. The standard InChI is InChI=1S/C27H21N5O4S2/c33-23(20-16-38-24(29-20)22-10-5-15-37-22)28-19-8-3-4-9-21(19)31-13-11-30(27(31)36)12-14-32-25(34)17-6-1-2-7-18(17)26(32)35/h1-10,15-16H,11-14H2,(H,28,33). The molecule has 0 radical (unpaired) electrons. The Labute approximate surface area is 225 Å². The second-order valence-corrected chi connectivity index (χ2v) is 10.5. The number of hydrogen-bond acceptors (Lipinski definition) is 7. The highest BCUT2D eigenvalue weighted by molar-refractivity contribution is 7.20. The number of anilines is 2. The van der Waals surface area contributed by atoms with Gasteiger partial charge < -0.3 is 10.2 Å².